The maximum absolute atomic E-state index is 5.32. The number of ether oxygens (including phenoxy) is 1. The molecule has 0 aliphatic heterocycles. The maximum Gasteiger partial charge on any atom is 0.231 e. The van der Waals surface area contributed by atoms with Crippen molar-refractivity contribution in [2.24, 2.45) is 0 Å². The van der Waals surface area contributed by atoms with Crippen molar-refractivity contribution in [1.82, 2.24) is 15.5 Å². The molecule has 2 atom stereocenters. The molecular formula is C11H19N3O2. The molecule has 0 saturated heterocycles. The monoisotopic (exact) mass is 225 g/mol. The summed E-state index contributed by atoms with van der Waals surface area (Å²) in [5.41, 5.74) is 0. The molecule has 1 heterocycles. The molecule has 1 aromatic rings. The first-order valence-electron chi connectivity index (χ1n) is 5.84. The van der Waals surface area contributed by atoms with Crippen molar-refractivity contribution in [1.29, 1.82) is 0 Å². The van der Waals surface area contributed by atoms with Gasteiger partial charge in [0.1, 0.15) is 0 Å². The Morgan fingerprint density at radius 3 is 3.12 bits per heavy atom. The fourth-order valence-corrected chi connectivity index (χ4v) is 2.31. The van der Waals surface area contributed by atoms with Gasteiger partial charge in [0.25, 0.3) is 0 Å². The van der Waals surface area contributed by atoms with Gasteiger partial charge in [0.15, 0.2) is 5.82 Å². The van der Waals surface area contributed by atoms with Crippen molar-refractivity contribution in [2.75, 3.05) is 20.8 Å². The second kappa shape index (κ2) is 5.41. The third-order valence-corrected chi connectivity index (χ3v) is 3.22. The third kappa shape index (κ3) is 2.41. The second-order valence-corrected chi connectivity index (χ2v) is 4.22. The molecule has 0 amide bonds. The number of nitrogens with one attached hydrogen (secondary N) is 1. The van der Waals surface area contributed by atoms with Crippen LogP contribution in [0.1, 0.15) is 36.9 Å². The van der Waals surface area contributed by atoms with Gasteiger partial charge in [-0.25, -0.2) is 0 Å². The number of methoxy groups -OCH3 is 1. The van der Waals surface area contributed by atoms with E-state index in [-0.39, 0.29) is 0 Å². The first-order valence-corrected chi connectivity index (χ1v) is 5.84. The second-order valence-electron chi connectivity index (χ2n) is 4.22. The van der Waals surface area contributed by atoms with Gasteiger partial charge in [-0.15, -0.1) is 0 Å². The highest BCUT2D eigenvalue weighted by molar-refractivity contribution is 5.02. The first-order chi connectivity index (χ1) is 7.85. The Morgan fingerprint density at radius 2 is 2.38 bits per heavy atom. The summed E-state index contributed by atoms with van der Waals surface area (Å²) in [6.07, 6.45) is 4.28. The van der Waals surface area contributed by atoms with Crippen molar-refractivity contribution in [3.8, 4) is 0 Å². The fourth-order valence-electron chi connectivity index (χ4n) is 2.31. The van der Waals surface area contributed by atoms with Crippen LogP contribution in [-0.4, -0.2) is 36.9 Å². The van der Waals surface area contributed by atoms with Crippen LogP contribution in [0.2, 0.25) is 0 Å². The molecule has 16 heavy (non-hydrogen) atoms. The van der Waals surface area contributed by atoms with E-state index in [1.54, 1.807) is 7.11 Å². The lowest BCUT2D eigenvalue weighted by atomic mass is 10.0. The van der Waals surface area contributed by atoms with Gasteiger partial charge in [0.2, 0.25) is 5.89 Å². The lowest BCUT2D eigenvalue weighted by molar-refractivity contribution is 0.199. The molecular weight excluding hydrogens is 206 g/mol. The van der Waals surface area contributed by atoms with E-state index < -0.39 is 0 Å². The number of likely N-dealkylation sites (N-methyl/N-ethyl adjacent to an activating group) is 1. The van der Waals surface area contributed by atoms with E-state index in [4.69, 9.17) is 9.26 Å². The Kier molecular flexibility index (Phi) is 3.90. The van der Waals surface area contributed by atoms with Crippen LogP contribution in [0.25, 0.3) is 0 Å². The molecule has 1 aromatic heterocycles. The molecule has 1 aliphatic carbocycles. The molecule has 0 radical (unpaired) electrons. The third-order valence-electron chi connectivity index (χ3n) is 3.22. The van der Waals surface area contributed by atoms with Crippen molar-refractivity contribution < 1.29 is 9.26 Å². The number of aromatic nitrogens is 2. The summed E-state index contributed by atoms with van der Waals surface area (Å²) >= 11 is 0. The van der Waals surface area contributed by atoms with Gasteiger partial charge in [-0.3, -0.25) is 0 Å². The zero-order chi connectivity index (χ0) is 11.4. The lowest BCUT2D eigenvalue weighted by Gasteiger charge is -2.14. The molecule has 90 valence electrons. The van der Waals surface area contributed by atoms with Gasteiger partial charge in [-0.1, -0.05) is 11.6 Å². The van der Waals surface area contributed by atoms with E-state index in [9.17, 15) is 0 Å². The van der Waals surface area contributed by atoms with E-state index in [1.807, 2.05) is 7.05 Å². The number of hydrogen-bond acceptors (Lipinski definition) is 5. The average Bonchev–Trinajstić information content (AvgIpc) is 2.94. The van der Waals surface area contributed by atoms with Crippen molar-refractivity contribution in [3.63, 3.8) is 0 Å². The van der Waals surface area contributed by atoms with Crippen LogP contribution >= 0.6 is 0 Å². The fraction of sp³-hybridized carbons (Fsp3) is 0.818. The van der Waals surface area contributed by atoms with Gasteiger partial charge in [-0.2, -0.15) is 4.98 Å². The van der Waals surface area contributed by atoms with Gasteiger partial charge < -0.3 is 14.6 Å². The predicted molar refractivity (Wildman–Crippen MR) is 59.3 cm³/mol. The van der Waals surface area contributed by atoms with E-state index in [0.29, 0.717) is 18.6 Å². The molecule has 5 nitrogen and oxygen atoms in total. The first kappa shape index (κ1) is 11.5. The van der Waals surface area contributed by atoms with E-state index in [1.165, 1.54) is 12.8 Å². The summed E-state index contributed by atoms with van der Waals surface area (Å²) in [4.78, 5) is 4.43. The van der Waals surface area contributed by atoms with Gasteiger partial charge >= 0.3 is 0 Å². The van der Waals surface area contributed by atoms with E-state index in [2.05, 4.69) is 15.5 Å². The standard InChI is InChI=1S/C11H19N3O2/c1-12-9-5-3-4-8(9)11-13-10(14-16-11)6-7-15-2/h8-9,12H,3-7H2,1-2H3/t8-,9-/m0/s1. The molecule has 1 aliphatic rings. The van der Waals surface area contributed by atoms with Crippen LogP contribution in [0, 0.1) is 0 Å². The predicted octanol–water partition coefficient (Wildman–Crippen LogP) is 1.11. The van der Waals surface area contributed by atoms with Crippen molar-refractivity contribution in [2.45, 2.75) is 37.6 Å². The quantitative estimate of drug-likeness (QED) is 0.813. The minimum Gasteiger partial charge on any atom is -0.384 e. The normalized spacial score (nSPS) is 25.1. The molecule has 1 fully saturated rings. The Hall–Kier alpha value is -0.940. The molecule has 1 N–H and O–H groups in total. The zero-order valence-corrected chi connectivity index (χ0v) is 9.90. The summed E-state index contributed by atoms with van der Waals surface area (Å²) in [5, 5.41) is 7.29. The lowest BCUT2D eigenvalue weighted by Crippen LogP contribution is -2.27. The SMILES string of the molecule is CN[C@H]1CCC[C@@H]1c1nc(CCOC)no1. The van der Waals surface area contributed by atoms with Gasteiger partial charge in [0.05, 0.1) is 12.5 Å². The Morgan fingerprint density at radius 1 is 1.50 bits per heavy atom. The topological polar surface area (TPSA) is 60.2 Å². The molecule has 1 saturated carbocycles. The maximum atomic E-state index is 5.32. The highest BCUT2D eigenvalue weighted by atomic mass is 16.5. The Labute approximate surface area is 95.6 Å². The summed E-state index contributed by atoms with van der Waals surface area (Å²) in [6.45, 7) is 0.638. The molecule has 0 bridgehead atoms. The summed E-state index contributed by atoms with van der Waals surface area (Å²) in [6, 6.07) is 0.482. The largest absolute Gasteiger partial charge is 0.384 e. The zero-order valence-electron chi connectivity index (χ0n) is 9.90. The molecule has 0 aromatic carbocycles. The summed E-state index contributed by atoms with van der Waals surface area (Å²) in [7, 11) is 3.67. The van der Waals surface area contributed by atoms with Crippen molar-refractivity contribution >= 4 is 0 Å². The molecule has 5 heteroatoms. The summed E-state index contributed by atoms with van der Waals surface area (Å²) < 4.78 is 10.3. The van der Waals surface area contributed by atoms with Crippen LogP contribution in [0.15, 0.2) is 4.52 Å². The van der Waals surface area contributed by atoms with Crippen LogP contribution in [0.5, 0.6) is 0 Å². The van der Waals surface area contributed by atoms with Crippen LogP contribution in [0.4, 0.5) is 0 Å². The molecule has 2 rings (SSSR count). The number of nitrogens with zero attached hydrogens (tertiary/aromatic N) is 2. The van der Waals surface area contributed by atoms with Gasteiger partial charge in [-0.05, 0) is 19.9 Å². The summed E-state index contributed by atoms with van der Waals surface area (Å²) in [5.74, 6) is 1.91. The minimum atomic E-state index is 0.383. The van der Waals surface area contributed by atoms with E-state index in [0.717, 1.165) is 24.6 Å². The van der Waals surface area contributed by atoms with Gasteiger partial charge in [0, 0.05) is 19.6 Å². The van der Waals surface area contributed by atoms with Crippen LogP contribution in [0.3, 0.4) is 0 Å². The molecule has 0 spiro atoms. The van der Waals surface area contributed by atoms with Crippen LogP contribution in [-0.2, 0) is 11.2 Å². The number of hydrogen-bond donors (Lipinski definition) is 1. The smallest absolute Gasteiger partial charge is 0.231 e. The highest BCUT2D eigenvalue weighted by Crippen LogP contribution is 2.33. The minimum absolute atomic E-state index is 0.383. The average molecular weight is 225 g/mol. The number of rotatable bonds is 5. The highest BCUT2D eigenvalue weighted by Gasteiger charge is 2.31. The molecule has 0 unspecified atom stereocenters. The Balaban J connectivity index is 2.00. The van der Waals surface area contributed by atoms with Crippen LogP contribution < -0.4 is 5.32 Å². The van der Waals surface area contributed by atoms with Crippen molar-refractivity contribution in [3.05, 3.63) is 11.7 Å². The Bertz CT molecular complexity index is 327. The van der Waals surface area contributed by atoms with E-state index >= 15 is 0 Å².